The van der Waals surface area contributed by atoms with Gasteiger partial charge in [-0.3, -0.25) is 4.99 Å². The third-order valence-corrected chi connectivity index (χ3v) is 3.22. The van der Waals surface area contributed by atoms with Crippen LogP contribution in [0, 0.1) is 0 Å². The quantitative estimate of drug-likeness (QED) is 0.687. The summed E-state index contributed by atoms with van der Waals surface area (Å²) in [5.41, 5.74) is 8.05. The molecule has 0 saturated carbocycles. The molecule has 1 atom stereocenters. The summed E-state index contributed by atoms with van der Waals surface area (Å²) >= 11 is 3.37. The van der Waals surface area contributed by atoms with Crippen LogP contribution in [-0.4, -0.2) is 23.5 Å². The number of rotatable bonds is 3. The lowest BCUT2D eigenvalue weighted by Gasteiger charge is -2.19. The fourth-order valence-corrected chi connectivity index (χ4v) is 2.27. The fraction of sp³-hybridized carbons (Fsp3) is 0.429. The van der Waals surface area contributed by atoms with Crippen molar-refractivity contribution in [3.63, 3.8) is 0 Å². The lowest BCUT2D eigenvalue weighted by Crippen LogP contribution is -2.19. The van der Waals surface area contributed by atoms with Gasteiger partial charge in [-0.2, -0.15) is 0 Å². The highest BCUT2D eigenvalue weighted by Gasteiger charge is 2.14. The Morgan fingerprint density at radius 3 is 3.00 bits per heavy atom. The monoisotopic (exact) mass is 323 g/mol. The number of nitrogens with zero attached hydrogens (tertiary/aromatic N) is 2. The third-order valence-electron chi connectivity index (χ3n) is 2.78. The number of allylic oxidation sites excluding steroid dienone is 2. The molecule has 1 aromatic rings. The van der Waals surface area contributed by atoms with E-state index in [4.69, 9.17) is 10.5 Å². The van der Waals surface area contributed by atoms with Crippen LogP contribution < -0.4 is 5.73 Å². The maximum absolute atomic E-state index is 5.77. The largest absolute Gasteiger partial charge is 0.402 e. The number of aromatic nitrogens is 1. The number of nitrogens with two attached hydrogens (primary N) is 1. The van der Waals surface area contributed by atoms with Crippen molar-refractivity contribution in [2.45, 2.75) is 32.4 Å². The second-order valence-corrected chi connectivity index (χ2v) is 5.38. The van der Waals surface area contributed by atoms with Crippen LogP contribution in [0.5, 0.6) is 0 Å². The number of halogens is 1. The molecule has 0 aromatic carbocycles. The molecule has 1 fully saturated rings. The molecule has 0 radical (unpaired) electrons. The zero-order valence-electron chi connectivity index (χ0n) is 11.0. The SMILES string of the molecule is CC(N)=CC(=NC1CCCCO1)c1cccc(Br)n1. The van der Waals surface area contributed by atoms with E-state index in [1.165, 1.54) is 0 Å². The molecule has 1 aromatic heterocycles. The Morgan fingerprint density at radius 1 is 1.53 bits per heavy atom. The number of pyridine rings is 1. The summed E-state index contributed by atoms with van der Waals surface area (Å²) in [6.07, 6.45) is 4.97. The summed E-state index contributed by atoms with van der Waals surface area (Å²) < 4.78 is 6.43. The molecule has 2 heterocycles. The van der Waals surface area contributed by atoms with Gasteiger partial charge in [-0.25, -0.2) is 4.98 Å². The minimum atomic E-state index is -0.0832. The lowest BCUT2D eigenvalue weighted by atomic mass is 10.1. The predicted molar refractivity (Wildman–Crippen MR) is 80.0 cm³/mol. The topological polar surface area (TPSA) is 60.5 Å². The number of ether oxygens (including phenoxy) is 1. The molecule has 5 heteroatoms. The third kappa shape index (κ3) is 4.44. The van der Waals surface area contributed by atoms with Gasteiger partial charge in [0.25, 0.3) is 0 Å². The predicted octanol–water partition coefficient (Wildman–Crippen LogP) is 3.02. The Kier molecular flexibility index (Phi) is 5.10. The molecular weight excluding hydrogens is 306 g/mol. The molecule has 0 spiro atoms. The van der Waals surface area contributed by atoms with Crippen molar-refractivity contribution in [2.24, 2.45) is 10.7 Å². The van der Waals surface area contributed by atoms with Crippen molar-refractivity contribution >= 4 is 21.6 Å². The van der Waals surface area contributed by atoms with Gasteiger partial charge < -0.3 is 10.5 Å². The zero-order chi connectivity index (χ0) is 13.7. The van der Waals surface area contributed by atoms with Crippen LogP contribution in [0.25, 0.3) is 0 Å². The van der Waals surface area contributed by atoms with Gasteiger partial charge in [-0.1, -0.05) is 6.07 Å². The standard InChI is InChI=1S/C14H18BrN3O/c1-10(16)9-12(11-5-4-6-13(15)17-11)18-14-7-2-3-8-19-14/h4-6,9,14H,2-3,7-8,16H2,1H3. The summed E-state index contributed by atoms with van der Waals surface area (Å²) in [7, 11) is 0. The lowest BCUT2D eigenvalue weighted by molar-refractivity contribution is 0.0224. The van der Waals surface area contributed by atoms with Gasteiger partial charge in [-0.15, -0.1) is 0 Å². The van der Waals surface area contributed by atoms with Gasteiger partial charge in [0.1, 0.15) is 10.8 Å². The molecule has 0 aliphatic carbocycles. The van der Waals surface area contributed by atoms with E-state index in [0.717, 1.165) is 41.9 Å². The Morgan fingerprint density at radius 2 is 2.37 bits per heavy atom. The first-order chi connectivity index (χ1) is 9.15. The summed E-state index contributed by atoms with van der Waals surface area (Å²) in [5.74, 6) is 0. The van der Waals surface area contributed by atoms with Crippen LogP contribution in [0.4, 0.5) is 0 Å². The molecule has 2 rings (SSSR count). The molecule has 4 nitrogen and oxygen atoms in total. The van der Waals surface area contributed by atoms with E-state index in [1.807, 2.05) is 31.2 Å². The number of hydrogen-bond donors (Lipinski definition) is 1. The van der Waals surface area contributed by atoms with E-state index >= 15 is 0 Å². The Hall–Kier alpha value is -1.20. The van der Waals surface area contributed by atoms with Crippen LogP contribution in [0.15, 0.2) is 39.6 Å². The summed E-state index contributed by atoms with van der Waals surface area (Å²) in [6, 6.07) is 5.74. The highest BCUT2D eigenvalue weighted by Crippen LogP contribution is 2.16. The molecular formula is C14H18BrN3O. The molecule has 0 amide bonds. The Balaban J connectivity index is 2.29. The van der Waals surface area contributed by atoms with E-state index < -0.39 is 0 Å². The average molecular weight is 324 g/mol. The molecule has 1 aliphatic heterocycles. The van der Waals surface area contributed by atoms with Gasteiger partial charge in [-0.05, 0) is 60.3 Å². The normalized spacial score (nSPS) is 21.5. The zero-order valence-corrected chi connectivity index (χ0v) is 12.6. The van der Waals surface area contributed by atoms with Crippen LogP contribution in [0.1, 0.15) is 31.9 Å². The summed E-state index contributed by atoms with van der Waals surface area (Å²) in [5, 5.41) is 0. The van der Waals surface area contributed by atoms with Crippen molar-refractivity contribution in [1.29, 1.82) is 0 Å². The van der Waals surface area contributed by atoms with Crippen molar-refractivity contribution < 1.29 is 4.74 Å². The second kappa shape index (κ2) is 6.82. The maximum Gasteiger partial charge on any atom is 0.149 e. The van der Waals surface area contributed by atoms with Gasteiger partial charge in [0.15, 0.2) is 0 Å². The first-order valence-electron chi connectivity index (χ1n) is 6.41. The fourth-order valence-electron chi connectivity index (χ4n) is 1.92. The van der Waals surface area contributed by atoms with Crippen LogP contribution in [0.2, 0.25) is 0 Å². The van der Waals surface area contributed by atoms with E-state index in [-0.39, 0.29) is 6.23 Å². The summed E-state index contributed by atoms with van der Waals surface area (Å²) in [4.78, 5) is 9.06. The first-order valence-corrected chi connectivity index (χ1v) is 7.20. The van der Waals surface area contributed by atoms with E-state index in [9.17, 15) is 0 Å². The van der Waals surface area contributed by atoms with E-state index in [2.05, 4.69) is 25.9 Å². The molecule has 1 saturated heterocycles. The Bertz CT molecular complexity index is 489. The minimum absolute atomic E-state index is 0.0832. The molecule has 2 N–H and O–H groups in total. The molecule has 0 bridgehead atoms. The second-order valence-electron chi connectivity index (χ2n) is 4.57. The highest BCUT2D eigenvalue weighted by atomic mass is 79.9. The van der Waals surface area contributed by atoms with Gasteiger partial charge in [0.05, 0.1) is 11.4 Å². The van der Waals surface area contributed by atoms with Crippen molar-refractivity contribution in [3.8, 4) is 0 Å². The van der Waals surface area contributed by atoms with E-state index in [0.29, 0.717) is 5.70 Å². The van der Waals surface area contributed by atoms with Crippen molar-refractivity contribution in [3.05, 3.63) is 40.3 Å². The maximum atomic E-state index is 5.77. The van der Waals surface area contributed by atoms with Gasteiger partial charge >= 0.3 is 0 Å². The van der Waals surface area contributed by atoms with Crippen molar-refractivity contribution in [1.82, 2.24) is 4.98 Å². The first kappa shape index (κ1) is 14.2. The van der Waals surface area contributed by atoms with Gasteiger partial charge in [0, 0.05) is 12.3 Å². The highest BCUT2D eigenvalue weighted by molar-refractivity contribution is 9.10. The molecule has 19 heavy (non-hydrogen) atoms. The summed E-state index contributed by atoms with van der Waals surface area (Å²) in [6.45, 7) is 2.62. The smallest absolute Gasteiger partial charge is 0.149 e. The van der Waals surface area contributed by atoms with Crippen LogP contribution in [0.3, 0.4) is 0 Å². The molecule has 1 aliphatic rings. The average Bonchev–Trinajstić information content (AvgIpc) is 2.39. The van der Waals surface area contributed by atoms with Crippen LogP contribution >= 0.6 is 15.9 Å². The number of hydrogen-bond acceptors (Lipinski definition) is 4. The van der Waals surface area contributed by atoms with Crippen LogP contribution in [-0.2, 0) is 4.74 Å². The minimum Gasteiger partial charge on any atom is -0.402 e. The molecule has 1 unspecified atom stereocenters. The van der Waals surface area contributed by atoms with Crippen molar-refractivity contribution in [2.75, 3.05) is 6.61 Å². The number of aliphatic imine (C=N–C) groups is 1. The molecule has 102 valence electrons. The van der Waals surface area contributed by atoms with Gasteiger partial charge in [0.2, 0.25) is 0 Å². The van der Waals surface area contributed by atoms with E-state index in [1.54, 1.807) is 0 Å². The Labute approximate surface area is 121 Å².